The van der Waals surface area contributed by atoms with Crippen molar-refractivity contribution in [1.29, 1.82) is 0 Å². The number of rotatable bonds is 7. The van der Waals surface area contributed by atoms with Crippen molar-refractivity contribution in [1.82, 2.24) is 14.4 Å². The number of fused-ring (bicyclic) bond motifs is 3. The van der Waals surface area contributed by atoms with Crippen LogP contribution >= 0.6 is 0 Å². The Morgan fingerprint density at radius 1 is 1.00 bits per heavy atom. The minimum atomic E-state index is -1.30. The third-order valence-corrected chi connectivity index (χ3v) is 8.77. The third kappa shape index (κ3) is 4.42. The van der Waals surface area contributed by atoms with E-state index in [1.54, 1.807) is 36.0 Å². The Kier molecular flexibility index (Phi) is 7.01. The van der Waals surface area contributed by atoms with Crippen LogP contribution in [0.4, 0.5) is 0 Å². The van der Waals surface area contributed by atoms with Crippen molar-refractivity contribution in [2.75, 3.05) is 27.7 Å². The molecule has 3 atom stereocenters. The summed E-state index contributed by atoms with van der Waals surface area (Å²) in [7, 11) is 4.85. The van der Waals surface area contributed by atoms with Gasteiger partial charge in [-0.05, 0) is 60.7 Å². The van der Waals surface area contributed by atoms with Gasteiger partial charge in [-0.15, -0.1) is 0 Å². The summed E-state index contributed by atoms with van der Waals surface area (Å²) >= 11 is 0. The standard InChI is InChI=1S/C34H35N3O5/c1-22-15-16-26(42-22)21-36-28-17-25-20-37(31(38)24-13-9-6-10-14-24)34(33(40)41-4,19-23-11-7-5-8-12-23)30(25)27(28)18-29(36)32(39)35(2)3/h5-16,18,25,30H,17,19-21H2,1-4H3/t25-,30+,34+/m0/s1. The molecule has 1 saturated heterocycles. The number of esters is 1. The predicted molar refractivity (Wildman–Crippen MR) is 157 cm³/mol. The van der Waals surface area contributed by atoms with Gasteiger partial charge in [-0.25, -0.2) is 4.79 Å². The number of carbonyl (C=O) groups is 3. The lowest BCUT2D eigenvalue weighted by molar-refractivity contribution is -0.153. The largest absolute Gasteiger partial charge is 0.467 e. The van der Waals surface area contributed by atoms with Gasteiger partial charge in [0.2, 0.25) is 0 Å². The molecule has 1 aliphatic heterocycles. The van der Waals surface area contributed by atoms with Crippen molar-refractivity contribution in [2.24, 2.45) is 5.92 Å². The molecule has 0 saturated carbocycles. The Labute approximate surface area is 245 Å². The summed E-state index contributed by atoms with van der Waals surface area (Å²) in [5, 5.41) is 0. The van der Waals surface area contributed by atoms with E-state index in [0.717, 1.165) is 28.3 Å². The highest BCUT2D eigenvalue weighted by Crippen LogP contribution is 2.55. The first-order valence-electron chi connectivity index (χ1n) is 14.2. The van der Waals surface area contributed by atoms with E-state index in [0.29, 0.717) is 37.2 Å². The molecular formula is C34H35N3O5. The number of aromatic nitrogens is 1. The van der Waals surface area contributed by atoms with E-state index in [1.165, 1.54) is 7.11 Å². The smallest absolute Gasteiger partial charge is 0.332 e. The SMILES string of the molecule is COC(=O)[C@@]1(Cc2ccccc2)[C@H]2c3cc(C(=O)N(C)C)n(Cc4ccc(C)o4)c3C[C@H]2CN1C(=O)c1ccccc1. The average molecular weight is 566 g/mol. The highest BCUT2D eigenvalue weighted by atomic mass is 16.5. The first-order valence-corrected chi connectivity index (χ1v) is 14.2. The number of hydrogen-bond acceptors (Lipinski definition) is 5. The average Bonchev–Trinajstić information content (AvgIpc) is 3.74. The van der Waals surface area contributed by atoms with Crippen LogP contribution < -0.4 is 0 Å². The number of ether oxygens (including phenoxy) is 1. The van der Waals surface area contributed by atoms with Crippen molar-refractivity contribution in [2.45, 2.75) is 37.8 Å². The van der Waals surface area contributed by atoms with Crippen LogP contribution in [-0.2, 0) is 28.9 Å². The summed E-state index contributed by atoms with van der Waals surface area (Å²) in [4.78, 5) is 45.1. The zero-order chi connectivity index (χ0) is 29.6. The summed E-state index contributed by atoms with van der Waals surface area (Å²) in [5.74, 6) is 0.369. The number of amides is 2. The van der Waals surface area contributed by atoms with Crippen molar-refractivity contribution in [3.8, 4) is 0 Å². The van der Waals surface area contributed by atoms with E-state index < -0.39 is 11.5 Å². The van der Waals surface area contributed by atoms with Gasteiger partial charge in [0.1, 0.15) is 17.2 Å². The first kappa shape index (κ1) is 27.6. The molecule has 1 fully saturated rings. The van der Waals surface area contributed by atoms with E-state index in [4.69, 9.17) is 9.15 Å². The van der Waals surface area contributed by atoms with Crippen LogP contribution in [-0.4, -0.2) is 65.4 Å². The third-order valence-electron chi connectivity index (χ3n) is 8.77. The number of methoxy groups -OCH3 is 1. The van der Waals surface area contributed by atoms with Crippen LogP contribution in [0.2, 0.25) is 0 Å². The van der Waals surface area contributed by atoms with Crippen molar-refractivity contribution in [3.63, 3.8) is 0 Å². The van der Waals surface area contributed by atoms with Gasteiger partial charge >= 0.3 is 5.97 Å². The summed E-state index contributed by atoms with van der Waals surface area (Å²) in [5.41, 5.74) is 2.59. The Bertz CT molecular complexity index is 1640. The maximum atomic E-state index is 14.2. The highest BCUT2D eigenvalue weighted by Gasteiger charge is 2.64. The number of benzene rings is 2. The van der Waals surface area contributed by atoms with Crippen LogP contribution in [0, 0.1) is 12.8 Å². The summed E-state index contributed by atoms with van der Waals surface area (Å²) in [6.07, 6.45) is 0.908. The van der Waals surface area contributed by atoms with Gasteiger partial charge in [-0.1, -0.05) is 48.5 Å². The van der Waals surface area contributed by atoms with Crippen molar-refractivity contribution < 1.29 is 23.5 Å². The fraction of sp³-hybridized carbons (Fsp3) is 0.324. The van der Waals surface area contributed by atoms with Gasteiger partial charge in [0, 0.05) is 44.2 Å². The molecule has 2 aromatic heterocycles. The number of likely N-dealkylation sites (tertiary alicyclic amines) is 1. The molecular weight excluding hydrogens is 530 g/mol. The summed E-state index contributed by atoms with van der Waals surface area (Å²) in [6.45, 7) is 2.69. The quantitative estimate of drug-likeness (QED) is 0.303. The van der Waals surface area contributed by atoms with Gasteiger partial charge in [-0.2, -0.15) is 0 Å². The van der Waals surface area contributed by atoms with E-state index >= 15 is 0 Å². The van der Waals surface area contributed by atoms with Crippen LogP contribution in [0.1, 0.15) is 55.1 Å². The molecule has 4 aromatic rings. The van der Waals surface area contributed by atoms with Gasteiger partial charge < -0.3 is 23.5 Å². The molecule has 8 heteroatoms. The van der Waals surface area contributed by atoms with Crippen LogP contribution in [0.15, 0.2) is 83.3 Å². The Morgan fingerprint density at radius 3 is 2.31 bits per heavy atom. The molecule has 3 heterocycles. The minimum Gasteiger partial charge on any atom is -0.467 e. The van der Waals surface area contributed by atoms with Gasteiger partial charge in [0.15, 0.2) is 5.54 Å². The molecule has 1 aliphatic carbocycles. The maximum Gasteiger partial charge on any atom is 0.332 e. The Balaban J connectivity index is 1.54. The van der Waals surface area contributed by atoms with Crippen LogP contribution in [0.3, 0.4) is 0 Å². The second-order valence-corrected chi connectivity index (χ2v) is 11.5. The summed E-state index contributed by atoms with van der Waals surface area (Å²) < 4.78 is 13.5. The van der Waals surface area contributed by atoms with Crippen molar-refractivity contribution in [3.05, 3.63) is 118 Å². The second kappa shape index (κ2) is 10.7. The molecule has 2 aromatic carbocycles. The molecule has 6 rings (SSSR count). The molecule has 8 nitrogen and oxygen atoms in total. The van der Waals surface area contributed by atoms with E-state index in [1.807, 2.05) is 78.2 Å². The lowest BCUT2D eigenvalue weighted by Gasteiger charge is -2.40. The molecule has 0 radical (unpaired) electrons. The van der Waals surface area contributed by atoms with E-state index in [9.17, 15) is 14.4 Å². The minimum absolute atomic E-state index is 0.0291. The lowest BCUT2D eigenvalue weighted by atomic mass is 9.75. The first-order chi connectivity index (χ1) is 20.2. The van der Waals surface area contributed by atoms with Crippen LogP contribution in [0.5, 0.6) is 0 Å². The summed E-state index contributed by atoms with van der Waals surface area (Å²) in [6, 6.07) is 24.6. The molecule has 0 bridgehead atoms. The molecule has 2 aliphatic rings. The van der Waals surface area contributed by atoms with E-state index in [-0.39, 0.29) is 23.7 Å². The molecule has 0 spiro atoms. The predicted octanol–water partition coefficient (Wildman–Crippen LogP) is 4.71. The zero-order valence-electron chi connectivity index (χ0n) is 24.4. The topological polar surface area (TPSA) is 85.0 Å². The number of nitrogens with zero attached hydrogens (tertiary/aromatic N) is 3. The van der Waals surface area contributed by atoms with E-state index in [2.05, 4.69) is 0 Å². The maximum absolute atomic E-state index is 14.2. The molecule has 216 valence electrons. The van der Waals surface area contributed by atoms with Gasteiger partial charge in [0.25, 0.3) is 11.8 Å². The highest BCUT2D eigenvalue weighted by molar-refractivity contribution is 6.00. The van der Waals surface area contributed by atoms with Gasteiger partial charge in [-0.3, -0.25) is 9.59 Å². The number of hydrogen-bond donors (Lipinski definition) is 0. The molecule has 42 heavy (non-hydrogen) atoms. The van der Waals surface area contributed by atoms with Crippen molar-refractivity contribution >= 4 is 17.8 Å². The van der Waals surface area contributed by atoms with Gasteiger partial charge in [0.05, 0.1) is 13.7 Å². The van der Waals surface area contributed by atoms with Crippen LogP contribution in [0.25, 0.3) is 0 Å². The second-order valence-electron chi connectivity index (χ2n) is 11.5. The number of aryl methyl sites for hydroxylation is 1. The fourth-order valence-electron chi connectivity index (χ4n) is 7.02. The zero-order valence-corrected chi connectivity index (χ0v) is 24.4. The molecule has 2 amide bonds. The Morgan fingerprint density at radius 2 is 1.69 bits per heavy atom. The fourth-order valence-corrected chi connectivity index (χ4v) is 7.02. The number of furan rings is 1. The molecule has 0 N–H and O–H groups in total. The Hall–Kier alpha value is -4.59. The monoisotopic (exact) mass is 565 g/mol. The number of carbonyl (C=O) groups excluding carboxylic acids is 3. The lowest BCUT2D eigenvalue weighted by Crippen LogP contribution is -2.58. The normalized spacial score (nSPS) is 20.7. The molecule has 0 unspecified atom stereocenters.